The van der Waals surface area contributed by atoms with Crippen LogP contribution in [0.15, 0.2) is 60.7 Å². The Kier molecular flexibility index (Phi) is 13.9. The number of carboxylic acid groups (broad SMARTS) is 1. The zero-order chi connectivity index (χ0) is 28.5. The number of carboxylic acids is 1. The number of hydrogen-bond acceptors (Lipinski definition) is 7. The molecule has 3 amide bonds. The molecule has 0 aliphatic carbocycles. The molecule has 0 aromatic heterocycles. The first-order valence-corrected chi connectivity index (χ1v) is 12.9. The minimum Gasteiger partial charge on any atom is -0.480 e. The highest BCUT2D eigenvalue weighted by atomic mass is 16.6. The molecule has 11 nitrogen and oxygen atoms in total. The number of hydrazine groups is 1. The summed E-state index contributed by atoms with van der Waals surface area (Å²) >= 11 is 0. The van der Waals surface area contributed by atoms with E-state index in [-0.39, 0.29) is 25.6 Å². The zero-order valence-corrected chi connectivity index (χ0v) is 22.4. The number of alkyl carbamates (subject to hydrolysis) is 2. The van der Waals surface area contributed by atoms with Gasteiger partial charge in [0.1, 0.15) is 25.3 Å². The molecule has 2 aromatic rings. The summed E-state index contributed by atoms with van der Waals surface area (Å²) in [6, 6.07) is 16.4. The SMILES string of the molecule is CC(C)C[C@H](NNC(=O)[C@H](CCCCNC(=O)OCc1ccccc1)NC(=O)OCc1ccccc1)C(=O)O. The molecule has 2 atom stereocenters. The van der Waals surface area contributed by atoms with Crippen LogP contribution < -0.4 is 21.5 Å². The Morgan fingerprint density at radius 2 is 1.36 bits per heavy atom. The molecule has 0 saturated heterocycles. The quantitative estimate of drug-likeness (QED) is 0.159. The zero-order valence-electron chi connectivity index (χ0n) is 22.4. The van der Waals surface area contributed by atoms with Crippen molar-refractivity contribution >= 4 is 24.1 Å². The number of carbonyl (C=O) groups excluding carboxylic acids is 3. The molecule has 11 heteroatoms. The number of unbranched alkanes of at least 4 members (excludes halogenated alkanes) is 1. The Bertz CT molecular complexity index is 1030. The van der Waals surface area contributed by atoms with Gasteiger partial charge in [-0.3, -0.25) is 15.0 Å². The number of rotatable bonds is 16. The fourth-order valence-corrected chi connectivity index (χ4v) is 3.55. The van der Waals surface area contributed by atoms with Gasteiger partial charge in [-0.1, -0.05) is 74.5 Å². The fraction of sp³-hybridized carbons (Fsp3) is 0.429. The number of hydrogen-bond donors (Lipinski definition) is 5. The van der Waals surface area contributed by atoms with Crippen molar-refractivity contribution in [1.29, 1.82) is 0 Å². The van der Waals surface area contributed by atoms with E-state index in [9.17, 15) is 24.3 Å². The molecule has 5 N–H and O–H groups in total. The summed E-state index contributed by atoms with van der Waals surface area (Å²) in [7, 11) is 0. The number of ether oxygens (including phenoxy) is 2. The van der Waals surface area contributed by atoms with Crippen LogP contribution in [-0.2, 0) is 32.3 Å². The molecule has 0 spiro atoms. The second-order valence-electron chi connectivity index (χ2n) is 9.40. The van der Waals surface area contributed by atoms with E-state index in [2.05, 4.69) is 21.5 Å². The molecule has 0 heterocycles. The van der Waals surface area contributed by atoms with E-state index in [1.54, 1.807) is 12.1 Å². The summed E-state index contributed by atoms with van der Waals surface area (Å²) in [6.45, 7) is 4.25. The fourth-order valence-electron chi connectivity index (χ4n) is 3.55. The number of benzene rings is 2. The van der Waals surface area contributed by atoms with Crippen LogP contribution in [0.1, 0.15) is 50.7 Å². The summed E-state index contributed by atoms with van der Waals surface area (Å²) in [5.41, 5.74) is 6.62. The Morgan fingerprint density at radius 1 is 0.795 bits per heavy atom. The van der Waals surface area contributed by atoms with E-state index in [1.165, 1.54) is 0 Å². The highest BCUT2D eigenvalue weighted by molar-refractivity contribution is 5.85. The molecular formula is C28H38N4O7. The van der Waals surface area contributed by atoms with Crippen LogP contribution in [0.2, 0.25) is 0 Å². The monoisotopic (exact) mass is 542 g/mol. The van der Waals surface area contributed by atoms with E-state index in [0.29, 0.717) is 25.8 Å². The number of nitrogens with one attached hydrogen (secondary N) is 4. The summed E-state index contributed by atoms with van der Waals surface area (Å²) in [6.07, 6.45) is 0.201. The first-order valence-electron chi connectivity index (χ1n) is 12.9. The minimum atomic E-state index is -1.10. The van der Waals surface area contributed by atoms with Gasteiger partial charge in [-0.15, -0.1) is 0 Å². The molecule has 2 rings (SSSR count). The van der Waals surface area contributed by atoms with Crippen LogP contribution in [0.5, 0.6) is 0 Å². The number of amides is 3. The standard InChI is InChI=1S/C28H38N4O7/c1-20(2)17-24(26(34)35)31-32-25(33)23(30-28(37)39-19-22-13-7-4-8-14-22)15-9-10-16-29-27(36)38-18-21-11-5-3-6-12-21/h3-8,11-14,20,23-24,31H,9-10,15-19H2,1-2H3,(H,29,36)(H,30,37)(H,32,33)(H,34,35)/t23-,24-/m0/s1. The molecule has 0 aliphatic heterocycles. The van der Waals surface area contributed by atoms with Gasteiger partial charge in [0.15, 0.2) is 0 Å². The van der Waals surface area contributed by atoms with Crippen molar-refractivity contribution in [1.82, 2.24) is 21.5 Å². The van der Waals surface area contributed by atoms with Gasteiger partial charge in [-0.25, -0.2) is 15.0 Å². The van der Waals surface area contributed by atoms with Gasteiger partial charge in [0, 0.05) is 6.54 Å². The van der Waals surface area contributed by atoms with Crippen molar-refractivity contribution < 1.29 is 33.8 Å². The minimum absolute atomic E-state index is 0.0315. The highest BCUT2D eigenvalue weighted by Gasteiger charge is 2.24. The second kappa shape index (κ2) is 17.4. The second-order valence-corrected chi connectivity index (χ2v) is 9.40. The maximum atomic E-state index is 12.8. The topological polar surface area (TPSA) is 155 Å². The third-order valence-electron chi connectivity index (χ3n) is 5.60. The van der Waals surface area contributed by atoms with Crippen LogP contribution in [0.25, 0.3) is 0 Å². The molecule has 212 valence electrons. The summed E-state index contributed by atoms with van der Waals surface area (Å²) in [5, 5.41) is 14.6. The van der Waals surface area contributed by atoms with Crippen molar-refractivity contribution in [3.05, 3.63) is 71.8 Å². The number of carbonyl (C=O) groups is 4. The Morgan fingerprint density at radius 3 is 1.90 bits per heavy atom. The Labute approximate surface area is 228 Å². The summed E-state index contributed by atoms with van der Waals surface area (Å²) < 4.78 is 10.4. The lowest BCUT2D eigenvalue weighted by molar-refractivity contribution is -0.140. The third-order valence-corrected chi connectivity index (χ3v) is 5.60. The molecule has 0 saturated carbocycles. The van der Waals surface area contributed by atoms with Crippen molar-refractivity contribution in [2.75, 3.05) is 6.54 Å². The average molecular weight is 543 g/mol. The van der Waals surface area contributed by atoms with Gasteiger partial charge < -0.3 is 25.2 Å². The van der Waals surface area contributed by atoms with E-state index in [4.69, 9.17) is 9.47 Å². The van der Waals surface area contributed by atoms with Crippen LogP contribution in [0.3, 0.4) is 0 Å². The molecule has 0 aliphatic rings. The van der Waals surface area contributed by atoms with Gasteiger partial charge >= 0.3 is 18.2 Å². The molecule has 2 aromatic carbocycles. The summed E-state index contributed by atoms with van der Waals surface area (Å²) in [4.78, 5) is 48.6. The van der Waals surface area contributed by atoms with E-state index in [1.807, 2.05) is 62.4 Å². The first kappa shape index (κ1) is 31.1. The predicted octanol–water partition coefficient (Wildman–Crippen LogP) is 3.50. The predicted molar refractivity (Wildman–Crippen MR) is 144 cm³/mol. The first-order chi connectivity index (χ1) is 18.7. The van der Waals surface area contributed by atoms with Crippen LogP contribution in [0.4, 0.5) is 9.59 Å². The molecule has 0 unspecified atom stereocenters. The van der Waals surface area contributed by atoms with Crippen molar-refractivity contribution in [2.24, 2.45) is 5.92 Å². The molecule has 0 radical (unpaired) electrons. The average Bonchev–Trinajstić information content (AvgIpc) is 2.92. The molecule has 0 fully saturated rings. The van der Waals surface area contributed by atoms with Gasteiger partial charge in [0.05, 0.1) is 0 Å². The highest BCUT2D eigenvalue weighted by Crippen LogP contribution is 2.07. The van der Waals surface area contributed by atoms with E-state index < -0.39 is 36.1 Å². The van der Waals surface area contributed by atoms with Gasteiger partial charge in [0.25, 0.3) is 5.91 Å². The van der Waals surface area contributed by atoms with Crippen LogP contribution in [0, 0.1) is 5.92 Å². The van der Waals surface area contributed by atoms with Crippen LogP contribution >= 0.6 is 0 Å². The van der Waals surface area contributed by atoms with Gasteiger partial charge in [-0.05, 0) is 42.7 Å². The Balaban J connectivity index is 1.83. The summed E-state index contributed by atoms with van der Waals surface area (Å²) in [5.74, 6) is -1.61. The van der Waals surface area contributed by atoms with E-state index in [0.717, 1.165) is 11.1 Å². The van der Waals surface area contributed by atoms with Gasteiger partial charge in [-0.2, -0.15) is 0 Å². The largest absolute Gasteiger partial charge is 0.480 e. The lowest BCUT2D eigenvalue weighted by Crippen LogP contribution is -2.55. The third kappa shape index (κ3) is 13.3. The normalized spacial score (nSPS) is 12.2. The van der Waals surface area contributed by atoms with E-state index >= 15 is 0 Å². The maximum Gasteiger partial charge on any atom is 0.408 e. The lowest BCUT2D eigenvalue weighted by atomic mass is 10.0. The molecule has 39 heavy (non-hydrogen) atoms. The number of aliphatic carboxylic acids is 1. The lowest BCUT2D eigenvalue weighted by Gasteiger charge is -2.21. The molecule has 0 bridgehead atoms. The smallest absolute Gasteiger partial charge is 0.408 e. The van der Waals surface area contributed by atoms with Gasteiger partial charge in [0.2, 0.25) is 0 Å². The Hall–Kier alpha value is -4.12. The van der Waals surface area contributed by atoms with Crippen molar-refractivity contribution in [2.45, 2.75) is 64.8 Å². The van der Waals surface area contributed by atoms with Crippen LogP contribution in [-0.4, -0.2) is 47.8 Å². The molecular weight excluding hydrogens is 504 g/mol. The van der Waals surface area contributed by atoms with Crippen molar-refractivity contribution in [3.63, 3.8) is 0 Å². The van der Waals surface area contributed by atoms with Crippen molar-refractivity contribution in [3.8, 4) is 0 Å². The maximum absolute atomic E-state index is 12.8.